The Morgan fingerprint density at radius 3 is 2.33 bits per heavy atom. The summed E-state index contributed by atoms with van der Waals surface area (Å²) in [6, 6.07) is 9.84. The molecule has 0 bridgehead atoms. The first-order chi connectivity index (χ1) is 12.6. The van der Waals surface area contributed by atoms with Gasteiger partial charge in [0.15, 0.2) is 0 Å². The van der Waals surface area contributed by atoms with Crippen molar-refractivity contribution in [3.8, 4) is 0 Å². The Kier molecular flexibility index (Phi) is 6.52. The van der Waals surface area contributed by atoms with Gasteiger partial charge in [0.2, 0.25) is 0 Å². The Balaban J connectivity index is 2.16. The molecule has 150 valence electrons. The van der Waals surface area contributed by atoms with Crippen molar-refractivity contribution < 1.29 is 19.4 Å². The van der Waals surface area contributed by atoms with Crippen LogP contribution in [0.1, 0.15) is 65.5 Å². The van der Waals surface area contributed by atoms with Gasteiger partial charge in [-0.25, -0.2) is 4.79 Å². The number of amides is 1. The van der Waals surface area contributed by atoms with E-state index < -0.39 is 29.1 Å². The van der Waals surface area contributed by atoms with Gasteiger partial charge in [-0.05, 0) is 52.5 Å². The van der Waals surface area contributed by atoms with Crippen LogP contribution in [0.2, 0.25) is 0 Å². The summed E-state index contributed by atoms with van der Waals surface area (Å²) in [5, 5.41) is 15.9. The molecule has 1 fully saturated rings. The average Bonchev–Trinajstić information content (AvgIpc) is 2.54. The number of carbonyl (C=O) groups is 2. The lowest BCUT2D eigenvalue weighted by atomic mass is 9.63. The van der Waals surface area contributed by atoms with Crippen LogP contribution in [0.25, 0.3) is 0 Å². The molecule has 1 aromatic rings. The number of hydrogen-bond acceptors (Lipinski definition) is 4. The minimum atomic E-state index is -0.785. The molecule has 2 rings (SSSR count). The van der Waals surface area contributed by atoms with Crippen LogP contribution in [-0.2, 0) is 9.53 Å². The van der Waals surface area contributed by atoms with Gasteiger partial charge >= 0.3 is 12.1 Å². The van der Waals surface area contributed by atoms with E-state index in [-0.39, 0.29) is 12.1 Å². The van der Waals surface area contributed by atoms with Gasteiger partial charge in [0, 0.05) is 11.6 Å². The van der Waals surface area contributed by atoms with Crippen LogP contribution in [0.4, 0.5) is 4.79 Å². The highest BCUT2D eigenvalue weighted by atomic mass is 16.6. The molecule has 1 unspecified atom stereocenters. The van der Waals surface area contributed by atoms with Crippen LogP contribution < -0.4 is 10.6 Å². The highest BCUT2D eigenvalue weighted by Crippen LogP contribution is 2.43. The summed E-state index contributed by atoms with van der Waals surface area (Å²) >= 11 is 0. The van der Waals surface area contributed by atoms with Crippen molar-refractivity contribution in [1.29, 1.82) is 0 Å². The van der Waals surface area contributed by atoms with Crippen LogP contribution in [0.15, 0.2) is 30.3 Å². The summed E-state index contributed by atoms with van der Waals surface area (Å²) < 4.78 is 5.40. The first-order valence-corrected chi connectivity index (χ1v) is 9.61. The van der Waals surface area contributed by atoms with E-state index >= 15 is 0 Å². The largest absolute Gasteiger partial charge is 0.481 e. The number of hydrogen-bond donors (Lipinski definition) is 3. The van der Waals surface area contributed by atoms with Gasteiger partial charge < -0.3 is 20.5 Å². The number of rotatable bonds is 7. The maximum atomic E-state index is 12.3. The lowest BCUT2D eigenvalue weighted by molar-refractivity contribution is -0.149. The van der Waals surface area contributed by atoms with Gasteiger partial charge in [-0.3, -0.25) is 4.79 Å². The quantitative estimate of drug-likeness (QED) is 0.672. The fraction of sp³-hybridized carbons (Fsp3) is 0.619. The number of aliphatic carboxylic acids is 1. The molecule has 1 aliphatic carbocycles. The van der Waals surface area contributed by atoms with Crippen LogP contribution >= 0.6 is 0 Å². The maximum Gasteiger partial charge on any atom is 0.407 e. The van der Waals surface area contributed by atoms with Gasteiger partial charge in [0.25, 0.3) is 0 Å². The molecule has 6 heteroatoms. The van der Waals surface area contributed by atoms with Crippen LogP contribution in [0, 0.1) is 5.92 Å². The number of alkyl carbamates (subject to hydrolysis) is 1. The van der Waals surface area contributed by atoms with E-state index in [9.17, 15) is 14.7 Å². The third kappa shape index (κ3) is 5.45. The topological polar surface area (TPSA) is 87.7 Å². The van der Waals surface area contributed by atoms with Crippen molar-refractivity contribution in [2.24, 2.45) is 5.92 Å². The third-order valence-electron chi connectivity index (χ3n) is 5.14. The molecule has 0 aromatic heterocycles. The van der Waals surface area contributed by atoms with E-state index in [0.29, 0.717) is 19.3 Å². The zero-order valence-corrected chi connectivity index (χ0v) is 16.9. The van der Waals surface area contributed by atoms with E-state index in [2.05, 4.69) is 17.6 Å². The maximum absolute atomic E-state index is 12.3. The van der Waals surface area contributed by atoms with Crippen molar-refractivity contribution >= 4 is 12.1 Å². The van der Waals surface area contributed by atoms with Crippen molar-refractivity contribution in [3.05, 3.63) is 35.9 Å². The highest BCUT2D eigenvalue weighted by molar-refractivity contribution is 5.72. The first kappa shape index (κ1) is 21.2. The predicted molar refractivity (Wildman–Crippen MR) is 105 cm³/mol. The second-order valence-corrected chi connectivity index (χ2v) is 8.48. The van der Waals surface area contributed by atoms with Crippen molar-refractivity contribution in [2.75, 3.05) is 0 Å². The molecular formula is C21H32N2O4. The molecule has 3 N–H and O–H groups in total. The molecule has 0 spiro atoms. The number of carboxylic acid groups (broad SMARTS) is 1. The summed E-state index contributed by atoms with van der Waals surface area (Å²) in [6.45, 7) is 9.52. The Bertz CT molecular complexity index is 648. The highest BCUT2D eigenvalue weighted by Gasteiger charge is 2.53. The normalized spacial score (nSPS) is 24.4. The number of carboxylic acids is 1. The molecule has 0 radical (unpaired) electrons. The molecule has 1 aliphatic rings. The second-order valence-electron chi connectivity index (χ2n) is 8.48. The van der Waals surface area contributed by atoms with E-state index in [1.807, 2.05) is 58.0 Å². The fourth-order valence-electron chi connectivity index (χ4n) is 3.83. The summed E-state index contributed by atoms with van der Waals surface area (Å²) in [6.07, 6.45) is 1.17. The SMILES string of the molecule is CCC(NC(=O)OC(C)(C)C)C1(N[C@H](C)c2ccccc2)CC(C(=O)O)C1. The fourth-order valence-corrected chi connectivity index (χ4v) is 3.83. The standard InChI is InChI=1S/C21H32N2O4/c1-6-17(22-19(26)27-20(3,4)5)21(12-16(13-21)18(24)25)23-14(2)15-10-8-7-9-11-15/h7-11,14,16-17,23H,6,12-13H2,1-5H3,(H,22,26)(H,24,25)/t14-,16?,17?,21?/m1/s1. The first-order valence-electron chi connectivity index (χ1n) is 9.61. The minimum Gasteiger partial charge on any atom is -0.481 e. The molecule has 0 heterocycles. The number of ether oxygens (including phenoxy) is 1. The minimum absolute atomic E-state index is 0.0374. The van der Waals surface area contributed by atoms with E-state index in [0.717, 1.165) is 5.56 Å². The van der Waals surface area contributed by atoms with Crippen molar-refractivity contribution in [2.45, 2.75) is 77.1 Å². The summed E-state index contributed by atoms with van der Waals surface area (Å²) in [4.78, 5) is 23.7. The third-order valence-corrected chi connectivity index (χ3v) is 5.14. The van der Waals surface area contributed by atoms with E-state index in [1.54, 1.807) is 0 Å². The molecule has 1 saturated carbocycles. The Labute approximate surface area is 161 Å². The Hall–Kier alpha value is -2.08. The molecule has 27 heavy (non-hydrogen) atoms. The van der Waals surface area contributed by atoms with Crippen LogP contribution in [0.5, 0.6) is 0 Å². The van der Waals surface area contributed by atoms with Gasteiger partial charge in [-0.1, -0.05) is 37.3 Å². The van der Waals surface area contributed by atoms with Gasteiger partial charge in [0.05, 0.1) is 12.0 Å². The van der Waals surface area contributed by atoms with Crippen LogP contribution in [0.3, 0.4) is 0 Å². The summed E-state index contributed by atoms with van der Waals surface area (Å²) in [7, 11) is 0. The van der Waals surface area contributed by atoms with Gasteiger partial charge in [-0.15, -0.1) is 0 Å². The predicted octanol–water partition coefficient (Wildman–Crippen LogP) is 3.87. The lowest BCUT2D eigenvalue weighted by Crippen LogP contribution is -2.68. The second kappa shape index (κ2) is 8.30. The molecule has 1 aromatic carbocycles. The monoisotopic (exact) mass is 376 g/mol. The molecular weight excluding hydrogens is 344 g/mol. The van der Waals surface area contributed by atoms with E-state index in [1.165, 1.54) is 0 Å². The molecule has 1 amide bonds. The van der Waals surface area contributed by atoms with Gasteiger partial charge in [0.1, 0.15) is 5.60 Å². The van der Waals surface area contributed by atoms with Crippen molar-refractivity contribution in [3.63, 3.8) is 0 Å². The zero-order valence-electron chi connectivity index (χ0n) is 16.9. The van der Waals surface area contributed by atoms with Gasteiger partial charge in [-0.2, -0.15) is 0 Å². The molecule has 2 atom stereocenters. The number of benzene rings is 1. The lowest BCUT2D eigenvalue weighted by Gasteiger charge is -2.52. The zero-order chi connectivity index (χ0) is 20.2. The average molecular weight is 376 g/mol. The molecule has 6 nitrogen and oxygen atoms in total. The Morgan fingerprint density at radius 1 is 1.26 bits per heavy atom. The Morgan fingerprint density at radius 2 is 1.85 bits per heavy atom. The van der Waals surface area contributed by atoms with Crippen LogP contribution in [-0.4, -0.2) is 34.4 Å². The summed E-state index contributed by atoms with van der Waals surface area (Å²) in [5.41, 5.74) is 0.0794. The van der Waals surface area contributed by atoms with E-state index in [4.69, 9.17) is 4.74 Å². The molecule has 0 aliphatic heterocycles. The molecule has 0 saturated heterocycles. The number of nitrogens with one attached hydrogen (secondary N) is 2. The smallest absolute Gasteiger partial charge is 0.407 e. The van der Waals surface area contributed by atoms with Crippen molar-refractivity contribution in [1.82, 2.24) is 10.6 Å². The summed E-state index contributed by atoms with van der Waals surface area (Å²) in [5.74, 6) is -1.18. The number of carbonyl (C=O) groups excluding carboxylic acids is 1.